The number of H-pyrrole nitrogens is 1. The van der Waals surface area contributed by atoms with Crippen molar-refractivity contribution < 1.29 is 4.79 Å². The Labute approximate surface area is 160 Å². The van der Waals surface area contributed by atoms with Gasteiger partial charge in [-0.05, 0) is 76.4 Å². The van der Waals surface area contributed by atoms with E-state index in [0.29, 0.717) is 11.7 Å². The molecule has 1 aromatic heterocycles. The molecule has 2 atom stereocenters. The minimum absolute atomic E-state index is 0.181. The summed E-state index contributed by atoms with van der Waals surface area (Å²) in [6, 6.07) is 9.46. The van der Waals surface area contributed by atoms with Crippen molar-refractivity contribution in [2.45, 2.75) is 52.1 Å². The quantitative estimate of drug-likeness (QED) is 0.870. The van der Waals surface area contributed by atoms with Crippen molar-refractivity contribution in [1.29, 1.82) is 0 Å². The first-order valence-electron chi connectivity index (χ1n) is 9.96. The van der Waals surface area contributed by atoms with E-state index in [9.17, 15) is 4.79 Å². The lowest BCUT2D eigenvalue weighted by Gasteiger charge is -2.28. The van der Waals surface area contributed by atoms with E-state index < -0.39 is 0 Å². The summed E-state index contributed by atoms with van der Waals surface area (Å²) >= 11 is 0. The van der Waals surface area contributed by atoms with Gasteiger partial charge in [0.1, 0.15) is 0 Å². The van der Waals surface area contributed by atoms with Crippen molar-refractivity contribution >= 4 is 17.3 Å². The van der Waals surface area contributed by atoms with Crippen LogP contribution in [0.4, 0.5) is 11.4 Å². The summed E-state index contributed by atoms with van der Waals surface area (Å²) in [6.45, 7) is 9.74. The molecule has 0 radical (unpaired) electrons. The van der Waals surface area contributed by atoms with Gasteiger partial charge < -0.3 is 10.2 Å². The number of benzene rings is 1. The zero-order valence-electron chi connectivity index (χ0n) is 16.5. The first kappa shape index (κ1) is 18.0. The lowest BCUT2D eigenvalue weighted by Crippen LogP contribution is -2.39. The monoisotopic (exact) mass is 367 g/mol. The summed E-state index contributed by atoms with van der Waals surface area (Å²) in [7, 11) is 0. The Balaban J connectivity index is 1.42. The molecule has 2 aromatic rings. The molecule has 4 rings (SSSR count). The molecule has 2 N–H and O–H groups in total. The molecule has 0 aliphatic carbocycles. The van der Waals surface area contributed by atoms with Crippen LogP contribution in [0.25, 0.3) is 0 Å². The van der Waals surface area contributed by atoms with E-state index in [4.69, 9.17) is 0 Å². The summed E-state index contributed by atoms with van der Waals surface area (Å²) in [5, 5.41) is 9.80. The highest BCUT2D eigenvalue weighted by Crippen LogP contribution is 2.30. The van der Waals surface area contributed by atoms with Gasteiger partial charge in [0, 0.05) is 42.2 Å². The lowest BCUT2D eigenvalue weighted by atomic mass is 10.1. The zero-order valence-corrected chi connectivity index (χ0v) is 16.5. The Morgan fingerprint density at radius 1 is 1.22 bits per heavy atom. The molecule has 1 aromatic carbocycles. The van der Waals surface area contributed by atoms with Gasteiger partial charge in [-0.15, -0.1) is 0 Å². The van der Waals surface area contributed by atoms with E-state index in [-0.39, 0.29) is 5.91 Å². The number of anilines is 2. The van der Waals surface area contributed by atoms with Crippen molar-refractivity contribution in [1.82, 2.24) is 15.1 Å². The Morgan fingerprint density at radius 2 is 2.07 bits per heavy atom. The van der Waals surface area contributed by atoms with Crippen LogP contribution in [0.1, 0.15) is 47.9 Å². The molecule has 6 nitrogen and oxygen atoms in total. The van der Waals surface area contributed by atoms with Crippen LogP contribution < -0.4 is 10.2 Å². The number of likely N-dealkylation sites (tertiary alicyclic amines) is 1. The molecule has 1 amide bonds. The highest BCUT2D eigenvalue weighted by Gasteiger charge is 2.32. The third-order valence-electron chi connectivity index (χ3n) is 6.00. The molecule has 0 saturated carbocycles. The summed E-state index contributed by atoms with van der Waals surface area (Å²) < 4.78 is 0. The van der Waals surface area contributed by atoms with Crippen molar-refractivity contribution in [3.8, 4) is 0 Å². The molecule has 2 aliphatic heterocycles. The maximum Gasteiger partial charge on any atom is 0.276 e. The number of aromatic amines is 1. The number of carbonyl (C=O) groups excluding carboxylic acids is 1. The van der Waals surface area contributed by atoms with Crippen LogP contribution in [0.3, 0.4) is 0 Å². The van der Waals surface area contributed by atoms with Crippen LogP contribution in [0, 0.1) is 13.8 Å². The van der Waals surface area contributed by atoms with E-state index >= 15 is 0 Å². The number of aromatic nitrogens is 2. The van der Waals surface area contributed by atoms with E-state index in [0.717, 1.165) is 36.1 Å². The molecule has 0 bridgehead atoms. The summed E-state index contributed by atoms with van der Waals surface area (Å²) in [5.41, 5.74) is 4.45. The molecule has 2 fully saturated rings. The number of aryl methyl sites for hydroxylation is 2. The number of nitrogens with zero attached hydrogens (tertiary/aromatic N) is 3. The molecule has 27 heavy (non-hydrogen) atoms. The normalized spacial score (nSPS) is 23.1. The van der Waals surface area contributed by atoms with Crippen molar-refractivity contribution in [3.63, 3.8) is 0 Å². The highest BCUT2D eigenvalue weighted by molar-refractivity contribution is 6.03. The van der Waals surface area contributed by atoms with Crippen molar-refractivity contribution in [2.75, 3.05) is 29.9 Å². The second-order valence-corrected chi connectivity index (χ2v) is 8.01. The standard InChI is InChI=1S/C21H29N5O/c1-14-11-17(25-10-8-18(13-25)26-9-4-5-16(26)3)6-7-19(14)22-21(27)20-12-15(2)23-24-20/h6-7,11-12,16,18H,4-5,8-10,13H2,1-3H3,(H,22,27)(H,23,24). The minimum Gasteiger partial charge on any atom is -0.370 e. The van der Waals surface area contributed by atoms with Gasteiger partial charge in [0.05, 0.1) is 0 Å². The zero-order chi connectivity index (χ0) is 19.0. The van der Waals surface area contributed by atoms with Crippen LogP contribution in [-0.2, 0) is 0 Å². The molecule has 6 heteroatoms. The van der Waals surface area contributed by atoms with Gasteiger partial charge in [-0.25, -0.2) is 0 Å². The van der Waals surface area contributed by atoms with E-state index in [1.165, 1.54) is 31.5 Å². The van der Waals surface area contributed by atoms with E-state index in [2.05, 4.69) is 44.4 Å². The molecule has 144 valence electrons. The smallest absolute Gasteiger partial charge is 0.276 e. The molecular formula is C21H29N5O. The van der Waals surface area contributed by atoms with Gasteiger partial charge in [-0.2, -0.15) is 5.10 Å². The van der Waals surface area contributed by atoms with E-state index in [1.54, 1.807) is 6.07 Å². The molecular weight excluding hydrogens is 338 g/mol. The van der Waals surface area contributed by atoms with Crippen molar-refractivity contribution in [3.05, 3.63) is 41.2 Å². The number of hydrogen-bond acceptors (Lipinski definition) is 4. The third kappa shape index (κ3) is 3.72. The Morgan fingerprint density at radius 3 is 2.74 bits per heavy atom. The Bertz CT molecular complexity index is 830. The molecule has 2 unspecified atom stereocenters. The predicted octanol–water partition coefficient (Wildman–Crippen LogP) is 3.34. The van der Waals surface area contributed by atoms with Crippen LogP contribution in [0.5, 0.6) is 0 Å². The van der Waals surface area contributed by atoms with Crippen LogP contribution in [-0.4, -0.2) is 52.7 Å². The summed E-state index contributed by atoms with van der Waals surface area (Å²) in [4.78, 5) is 17.5. The fraction of sp³-hybridized carbons (Fsp3) is 0.524. The van der Waals surface area contributed by atoms with Gasteiger partial charge in [-0.3, -0.25) is 14.8 Å². The minimum atomic E-state index is -0.181. The fourth-order valence-electron chi connectivity index (χ4n) is 4.45. The number of carbonyl (C=O) groups is 1. The molecule has 3 heterocycles. The third-order valence-corrected chi connectivity index (χ3v) is 6.00. The maximum atomic E-state index is 12.3. The molecule has 2 aliphatic rings. The van der Waals surface area contributed by atoms with Crippen molar-refractivity contribution in [2.24, 2.45) is 0 Å². The molecule has 2 saturated heterocycles. The van der Waals surface area contributed by atoms with Gasteiger partial charge in [0.2, 0.25) is 0 Å². The maximum absolute atomic E-state index is 12.3. The van der Waals surface area contributed by atoms with Crippen LogP contribution >= 0.6 is 0 Å². The number of nitrogens with one attached hydrogen (secondary N) is 2. The lowest BCUT2D eigenvalue weighted by molar-refractivity contribution is 0.102. The topological polar surface area (TPSA) is 64.3 Å². The van der Waals surface area contributed by atoms with Crippen LogP contribution in [0.15, 0.2) is 24.3 Å². The summed E-state index contributed by atoms with van der Waals surface area (Å²) in [5.74, 6) is -0.181. The fourth-order valence-corrected chi connectivity index (χ4v) is 4.45. The SMILES string of the molecule is Cc1cc(C(=O)Nc2ccc(N3CCC(N4CCCC4C)C3)cc2C)n[nH]1. The first-order chi connectivity index (χ1) is 13.0. The second kappa shape index (κ2) is 7.35. The highest BCUT2D eigenvalue weighted by atomic mass is 16.1. The Hall–Kier alpha value is -2.34. The average Bonchev–Trinajstić information content (AvgIpc) is 3.37. The number of amides is 1. The van der Waals surface area contributed by atoms with Crippen LogP contribution in [0.2, 0.25) is 0 Å². The largest absolute Gasteiger partial charge is 0.370 e. The van der Waals surface area contributed by atoms with Gasteiger partial charge in [0.25, 0.3) is 5.91 Å². The van der Waals surface area contributed by atoms with Gasteiger partial charge >= 0.3 is 0 Å². The van der Waals surface area contributed by atoms with Gasteiger partial charge in [-0.1, -0.05) is 0 Å². The molecule has 0 spiro atoms. The Kier molecular flexibility index (Phi) is 4.91. The second-order valence-electron chi connectivity index (χ2n) is 8.01. The number of hydrogen-bond donors (Lipinski definition) is 2. The van der Waals surface area contributed by atoms with E-state index in [1.807, 2.05) is 19.9 Å². The summed E-state index contributed by atoms with van der Waals surface area (Å²) in [6.07, 6.45) is 3.90. The average molecular weight is 367 g/mol. The van der Waals surface area contributed by atoms with Gasteiger partial charge in [0.15, 0.2) is 5.69 Å². The number of rotatable bonds is 4. The first-order valence-corrected chi connectivity index (χ1v) is 9.96. The predicted molar refractivity (Wildman–Crippen MR) is 108 cm³/mol.